The van der Waals surface area contributed by atoms with E-state index in [0.29, 0.717) is 23.3 Å². The van der Waals surface area contributed by atoms with Crippen LogP contribution in [-0.4, -0.2) is 36.5 Å². The van der Waals surface area contributed by atoms with Crippen LogP contribution in [-0.2, 0) is 9.53 Å². The van der Waals surface area contributed by atoms with Crippen LogP contribution in [0.2, 0.25) is 0 Å². The van der Waals surface area contributed by atoms with Crippen molar-refractivity contribution >= 4 is 5.78 Å². The van der Waals surface area contributed by atoms with Crippen LogP contribution in [0.3, 0.4) is 0 Å². The maximum atomic E-state index is 12.1. The maximum Gasteiger partial charge on any atom is 0.157 e. The van der Waals surface area contributed by atoms with E-state index in [2.05, 4.69) is 39.6 Å². The van der Waals surface area contributed by atoms with E-state index < -0.39 is 0 Å². The van der Waals surface area contributed by atoms with E-state index in [9.17, 15) is 4.79 Å². The third kappa shape index (κ3) is 2.44. The number of fused-ring (bicyclic) bond motifs is 5. The van der Waals surface area contributed by atoms with E-state index in [0.717, 1.165) is 37.2 Å². The second-order valence-corrected chi connectivity index (χ2v) is 9.77. The van der Waals surface area contributed by atoms with Gasteiger partial charge in [-0.15, -0.1) is 0 Å². The Kier molecular flexibility index (Phi) is 4.10. The standard InChI is InChI=1S/C22H35NO2/c1-6-25-16-12-18-20-14(2)23(5)19-11-15(24)7-10-22(19,4)17(20)8-9-21(18,3)13-16/h11,14,16-18,20H,6-10,12-13H2,1-5H3/t14?,16?,17-,18+,20-,21-,22-/m1/s1. The van der Waals surface area contributed by atoms with Gasteiger partial charge in [0.1, 0.15) is 0 Å². The summed E-state index contributed by atoms with van der Waals surface area (Å²) in [7, 11) is 2.23. The Labute approximate surface area is 153 Å². The molecule has 0 aromatic carbocycles. The molecule has 7 atom stereocenters. The molecule has 4 aliphatic rings. The maximum absolute atomic E-state index is 12.1. The Morgan fingerprint density at radius 3 is 2.76 bits per heavy atom. The molecular weight excluding hydrogens is 310 g/mol. The Balaban J connectivity index is 1.71. The molecule has 1 saturated heterocycles. The summed E-state index contributed by atoms with van der Waals surface area (Å²) in [5, 5.41) is 0. The van der Waals surface area contributed by atoms with Crippen molar-refractivity contribution in [3.05, 3.63) is 11.8 Å². The van der Waals surface area contributed by atoms with Crippen molar-refractivity contribution < 1.29 is 9.53 Å². The first-order valence-electron chi connectivity index (χ1n) is 10.4. The van der Waals surface area contributed by atoms with Gasteiger partial charge in [0.15, 0.2) is 5.78 Å². The van der Waals surface area contributed by atoms with Crippen molar-refractivity contribution in [2.75, 3.05) is 13.7 Å². The summed E-state index contributed by atoms with van der Waals surface area (Å²) in [6, 6.07) is 0.514. The lowest BCUT2D eigenvalue weighted by atomic mass is 9.49. The summed E-state index contributed by atoms with van der Waals surface area (Å²) in [5.74, 6) is 2.53. The van der Waals surface area contributed by atoms with E-state index in [1.54, 1.807) is 0 Å². The summed E-state index contributed by atoms with van der Waals surface area (Å²) in [4.78, 5) is 14.6. The van der Waals surface area contributed by atoms with Gasteiger partial charge in [0, 0.05) is 43.3 Å². The third-order valence-electron chi connectivity index (χ3n) is 8.60. The number of hydrogen-bond donors (Lipinski definition) is 0. The van der Waals surface area contributed by atoms with E-state index in [1.807, 2.05) is 6.08 Å². The number of carbonyl (C=O) groups is 1. The Morgan fingerprint density at radius 2 is 2.04 bits per heavy atom. The van der Waals surface area contributed by atoms with Crippen molar-refractivity contribution in [3.63, 3.8) is 0 Å². The molecule has 2 saturated carbocycles. The van der Waals surface area contributed by atoms with Crippen molar-refractivity contribution in [3.8, 4) is 0 Å². The number of carbonyl (C=O) groups excluding carboxylic acids is 1. The Hall–Kier alpha value is -0.830. The second-order valence-electron chi connectivity index (χ2n) is 9.77. The minimum atomic E-state index is 0.185. The van der Waals surface area contributed by atoms with Crippen molar-refractivity contribution in [1.82, 2.24) is 4.90 Å². The van der Waals surface area contributed by atoms with Gasteiger partial charge >= 0.3 is 0 Å². The van der Waals surface area contributed by atoms with Crippen molar-refractivity contribution in [2.45, 2.75) is 78.4 Å². The van der Waals surface area contributed by atoms with Gasteiger partial charge in [0.2, 0.25) is 0 Å². The van der Waals surface area contributed by atoms with Gasteiger partial charge in [-0.1, -0.05) is 13.8 Å². The van der Waals surface area contributed by atoms with E-state index in [-0.39, 0.29) is 5.41 Å². The molecule has 0 spiro atoms. The average molecular weight is 346 g/mol. The number of ketones is 1. The lowest BCUT2D eigenvalue weighted by Crippen LogP contribution is -2.60. The van der Waals surface area contributed by atoms with Crippen LogP contribution in [0.4, 0.5) is 0 Å². The fraction of sp³-hybridized carbons (Fsp3) is 0.864. The zero-order chi connectivity index (χ0) is 18.0. The fourth-order valence-electron chi connectivity index (χ4n) is 7.23. The van der Waals surface area contributed by atoms with Crippen LogP contribution in [0, 0.1) is 28.6 Å². The molecule has 0 aromatic heterocycles. The van der Waals surface area contributed by atoms with Gasteiger partial charge in [0.25, 0.3) is 0 Å². The minimum absolute atomic E-state index is 0.185. The molecule has 2 unspecified atom stereocenters. The summed E-state index contributed by atoms with van der Waals surface area (Å²) in [5.41, 5.74) is 1.95. The monoisotopic (exact) mass is 345 g/mol. The molecule has 1 aliphatic heterocycles. The van der Waals surface area contributed by atoms with Crippen LogP contribution in [0.25, 0.3) is 0 Å². The van der Waals surface area contributed by atoms with Crippen LogP contribution in [0.15, 0.2) is 11.8 Å². The normalized spacial score (nSPS) is 49.3. The smallest absolute Gasteiger partial charge is 0.157 e. The highest BCUT2D eigenvalue weighted by Gasteiger charge is 2.61. The Bertz CT molecular complexity index is 599. The van der Waals surface area contributed by atoms with E-state index in [4.69, 9.17) is 4.74 Å². The predicted octanol–water partition coefficient (Wildman–Crippen LogP) is 4.42. The van der Waals surface area contributed by atoms with Gasteiger partial charge < -0.3 is 9.64 Å². The van der Waals surface area contributed by atoms with Crippen LogP contribution in [0.1, 0.15) is 66.2 Å². The second kappa shape index (κ2) is 5.84. The first kappa shape index (κ1) is 17.6. The molecular formula is C22H35NO2. The molecule has 3 fully saturated rings. The lowest BCUT2D eigenvalue weighted by molar-refractivity contribution is -0.121. The number of hydrogen-bond acceptors (Lipinski definition) is 3. The Morgan fingerprint density at radius 1 is 1.28 bits per heavy atom. The number of likely N-dealkylation sites (tertiary alicyclic amines) is 1. The van der Waals surface area contributed by atoms with Crippen LogP contribution < -0.4 is 0 Å². The molecule has 140 valence electrons. The quantitative estimate of drug-likeness (QED) is 0.742. The predicted molar refractivity (Wildman–Crippen MR) is 100 cm³/mol. The first-order valence-corrected chi connectivity index (χ1v) is 10.4. The number of nitrogens with zero attached hydrogens (tertiary/aromatic N) is 1. The molecule has 0 aromatic rings. The largest absolute Gasteiger partial charge is 0.378 e. The van der Waals surface area contributed by atoms with Crippen LogP contribution >= 0.6 is 0 Å². The highest BCUT2D eigenvalue weighted by Crippen LogP contribution is 2.65. The van der Waals surface area contributed by atoms with Crippen molar-refractivity contribution in [2.24, 2.45) is 28.6 Å². The average Bonchev–Trinajstić information content (AvgIpc) is 2.90. The lowest BCUT2D eigenvalue weighted by Gasteiger charge is -2.62. The van der Waals surface area contributed by atoms with Crippen LogP contribution in [0.5, 0.6) is 0 Å². The number of ether oxygens (including phenoxy) is 1. The molecule has 25 heavy (non-hydrogen) atoms. The SMILES string of the molecule is CCOC1C[C@H]2[C@@H]3C(C)N(C)C4=CC(=O)CC[C@]4(C)[C@@H]3CC[C@]2(C)C1. The van der Waals surface area contributed by atoms with E-state index in [1.165, 1.54) is 31.4 Å². The summed E-state index contributed by atoms with van der Waals surface area (Å²) < 4.78 is 6.08. The molecule has 3 nitrogen and oxygen atoms in total. The van der Waals surface area contributed by atoms with E-state index >= 15 is 0 Å². The van der Waals surface area contributed by atoms with Gasteiger partial charge in [-0.3, -0.25) is 4.79 Å². The number of piperidine rings is 1. The number of rotatable bonds is 2. The van der Waals surface area contributed by atoms with Gasteiger partial charge in [-0.2, -0.15) is 0 Å². The molecule has 1 heterocycles. The zero-order valence-corrected chi connectivity index (χ0v) is 16.7. The zero-order valence-electron chi connectivity index (χ0n) is 16.7. The molecule has 0 radical (unpaired) electrons. The minimum Gasteiger partial charge on any atom is -0.378 e. The van der Waals surface area contributed by atoms with Gasteiger partial charge in [-0.05, 0) is 69.1 Å². The number of allylic oxidation sites excluding steroid dienone is 2. The van der Waals surface area contributed by atoms with Gasteiger partial charge in [-0.25, -0.2) is 0 Å². The summed E-state index contributed by atoms with van der Waals surface area (Å²) >= 11 is 0. The van der Waals surface area contributed by atoms with Gasteiger partial charge in [0.05, 0.1) is 6.10 Å². The third-order valence-corrected chi connectivity index (χ3v) is 8.60. The first-order chi connectivity index (χ1) is 11.8. The molecule has 4 rings (SSSR count). The molecule has 0 amide bonds. The summed E-state index contributed by atoms with van der Waals surface area (Å²) in [6.45, 7) is 10.3. The molecule has 3 heteroatoms. The molecule has 0 N–H and O–H groups in total. The highest BCUT2D eigenvalue weighted by atomic mass is 16.5. The molecule has 3 aliphatic carbocycles. The highest BCUT2D eigenvalue weighted by molar-refractivity contribution is 5.91. The molecule has 0 bridgehead atoms. The topological polar surface area (TPSA) is 29.5 Å². The van der Waals surface area contributed by atoms with Crippen molar-refractivity contribution in [1.29, 1.82) is 0 Å². The summed E-state index contributed by atoms with van der Waals surface area (Å²) in [6.07, 6.45) is 9.31. The fourth-order valence-corrected chi connectivity index (χ4v) is 7.23.